The average molecular weight is 390 g/mol. The average Bonchev–Trinajstić information content (AvgIpc) is 3.34. The number of methoxy groups -OCH3 is 1. The van der Waals surface area contributed by atoms with Crippen LogP contribution in [-0.2, 0) is 11.2 Å². The number of hydrogen-bond acceptors (Lipinski definition) is 7. The lowest BCUT2D eigenvalue weighted by molar-refractivity contribution is -0.115. The maximum absolute atomic E-state index is 12.4. The number of rotatable bonds is 6. The fourth-order valence-corrected chi connectivity index (χ4v) is 3.10. The van der Waals surface area contributed by atoms with Gasteiger partial charge in [-0.25, -0.2) is 0 Å². The highest BCUT2D eigenvalue weighted by atomic mass is 16.5. The van der Waals surface area contributed by atoms with Crippen LogP contribution in [0, 0.1) is 0 Å². The molecule has 3 heterocycles. The first-order valence-corrected chi connectivity index (χ1v) is 9.31. The molecular formula is C20H18N6O3. The highest BCUT2D eigenvalue weighted by Crippen LogP contribution is 2.38. The Kier molecular flexibility index (Phi) is 4.19. The number of nitrogens with one attached hydrogen (secondary N) is 1. The minimum Gasteiger partial charge on any atom is -0.497 e. The molecule has 1 aliphatic rings. The number of nitrogens with zero attached hydrogens (tertiary/aromatic N) is 5. The van der Waals surface area contributed by atoms with Gasteiger partial charge in [-0.2, -0.15) is 4.98 Å². The predicted octanol–water partition coefficient (Wildman–Crippen LogP) is 2.85. The normalized spacial score (nSPS) is 13.6. The van der Waals surface area contributed by atoms with Crippen molar-refractivity contribution in [3.8, 4) is 17.2 Å². The van der Waals surface area contributed by atoms with Gasteiger partial charge in [-0.1, -0.05) is 11.2 Å². The maximum Gasteiger partial charge on any atom is 0.258 e. The highest BCUT2D eigenvalue weighted by molar-refractivity contribution is 5.92. The second-order valence-corrected chi connectivity index (χ2v) is 6.95. The van der Waals surface area contributed by atoms with Crippen molar-refractivity contribution in [3.63, 3.8) is 0 Å². The molecule has 0 saturated heterocycles. The van der Waals surface area contributed by atoms with Crippen LogP contribution in [-0.4, -0.2) is 37.8 Å². The summed E-state index contributed by atoms with van der Waals surface area (Å²) in [4.78, 5) is 16.9. The van der Waals surface area contributed by atoms with Gasteiger partial charge in [0.2, 0.25) is 5.91 Å². The first-order chi connectivity index (χ1) is 14.2. The monoisotopic (exact) mass is 390 g/mol. The van der Waals surface area contributed by atoms with Crippen LogP contribution in [0.15, 0.2) is 47.1 Å². The van der Waals surface area contributed by atoms with Gasteiger partial charge in [0.15, 0.2) is 11.5 Å². The maximum atomic E-state index is 12.4. The van der Waals surface area contributed by atoms with Crippen LogP contribution < -0.4 is 10.1 Å². The van der Waals surface area contributed by atoms with Crippen molar-refractivity contribution in [2.45, 2.75) is 25.2 Å². The second kappa shape index (κ2) is 7.01. The Hall–Kier alpha value is -3.75. The fraction of sp³-hybridized carbons (Fsp3) is 0.250. The second-order valence-electron chi connectivity index (χ2n) is 6.95. The van der Waals surface area contributed by atoms with E-state index in [-0.39, 0.29) is 12.3 Å². The lowest BCUT2D eigenvalue weighted by atomic mass is 10.2. The minimum atomic E-state index is -0.192. The van der Waals surface area contributed by atoms with Gasteiger partial charge < -0.3 is 14.6 Å². The molecule has 1 N–H and O–H groups in total. The number of benzene rings is 1. The third kappa shape index (κ3) is 3.54. The van der Waals surface area contributed by atoms with E-state index in [4.69, 9.17) is 9.26 Å². The first-order valence-electron chi connectivity index (χ1n) is 9.31. The minimum absolute atomic E-state index is 0.0874. The topological polar surface area (TPSA) is 107 Å². The van der Waals surface area contributed by atoms with Crippen molar-refractivity contribution in [2.24, 2.45) is 0 Å². The molecule has 5 rings (SSSR count). The van der Waals surface area contributed by atoms with Gasteiger partial charge in [0.05, 0.1) is 13.5 Å². The van der Waals surface area contributed by atoms with Crippen molar-refractivity contribution >= 4 is 17.2 Å². The van der Waals surface area contributed by atoms with Crippen molar-refractivity contribution in [1.82, 2.24) is 24.7 Å². The molecule has 0 radical (unpaired) electrons. The summed E-state index contributed by atoms with van der Waals surface area (Å²) in [5.41, 5.74) is 2.04. The van der Waals surface area contributed by atoms with E-state index in [1.165, 1.54) is 0 Å². The quantitative estimate of drug-likeness (QED) is 0.539. The zero-order valence-electron chi connectivity index (χ0n) is 15.7. The molecule has 0 spiro atoms. The van der Waals surface area contributed by atoms with Crippen LogP contribution in [0.25, 0.3) is 17.1 Å². The van der Waals surface area contributed by atoms with Gasteiger partial charge in [0, 0.05) is 29.4 Å². The Bertz CT molecular complexity index is 1190. The van der Waals surface area contributed by atoms with E-state index in [2.05, 4.69) is 25.7 Å². The fourth-order valence-electron chi connectivity index (χ4n) is 3.10. The summed E-state index contributed by atoms with van der Waals surface area (Å²) >= 11 is 0. The zero-order valence-corrected chi connectivity index (χ0v) is 15.7. The van der Waals surface area contributed by atoms with E-state index in [9.17, 15) is 4.79 Å². The Labute approximate surface area is 165 Å². The van der Waals surface area contributed by atoms with Gasteiger partial charge in [-0.05, 0) is 37.1 Å². The predicted molar refractivity (Wildman–Crippen MR) is 104 cm³/mol. The van der Waals surface area contributed by atoms with Gasteiger partial charge >= 0.3 is 0 Å². The van der Waals surface area contributed by atoms with E-state index in [1.54, 1.807) is 29.8 Å². The summed E-state index contributed by atoms with van der Waals surface area (Å²) < 4.78 is 12.3. The summed E-state index contributed by atoms with van der Waals surface area (Å²) in [6.45, 7) is 0. The molecular weight excluding hydrogens is 372 g/mol. The third-order valence-corrected chi connectivity index (χ3v) is 4.78. The van der Waals surface area contributed by atoms with Crippen LogP contribution in [0.3, 0.4) is 0 Å². The van der Waals surface area contributed by atoms with E-state index in [0.717, 1.165) is 24.2 Å². The molecule has 3 aromatic heterocycles. The molecule has 0 atom stereocenters. The van der Waals surface area contributed by atoms with Crippen LogP contribution in [0.1, 0.15) is 30.4 Å². The summed E-state index contributed by atoms with van der Waals surface area (Å²) in [7, 11) is 1.58. The van der Waals surface area contributed by atoms with Crippen molar-refractivity contribution < 1.29 is 14.1 Å². The summed E-state index contributed by atoms with van der Waals surface area (Å²) in [5.74, 6) is 2.68. The molecule has 1 amide bonds. The molecule has 1 aromatic carbocycles. The number of aromatic nitrogens is 5. The number of anilines is 1. The van der Waals surface area contributed by atoms with E-state index >= 15 is 0 Å². The van der Waals surface area contributed by atoms with Crippen LogP contribution in [0.4, 0.5) is 5.69 Å². The number of amides is 1. The molecule has 29 heavy (non-hydrogen) atoms. The molecule has 4 aromatic rings. The zero-order chi connectivity index (χ0) is 19.8. The number of carbonyl (C=O) groups excluding carboxylic acids is 1. The number of pyridine rings is 1. The van der Waals surface area contributed by atoms with Gasteiger partial charge in [-0.15, -0.1) is 10.2 Å². The molecule has 0 unspecified atom stereocenters. The molecule has 1 saturated carbocycles. The van der Waals surface area contributed by atoms with Crippen molar-refractivity contribution in [3.05, 3.63) is 54.2 Å². The van der Waals surface area contributed by atoms with E-state index in [0.29, 0.717) is 34.7 Å². The van der Waals surface area contributed by atoms with Gasteiger partial charge in [0.1, 0.15) is 11.6 Å². The lowest BCUT2D eigenvalue weighted by Crippen LogP contribution is -2.16. The summed E-state index contributed by atoms with van der Waals surface area (Å²) in [5, 5.41) is 15.2. The standard InChI is InChI=1S/C20H18N6O3/c1-28-15-4-2-3-14(10-15)21-18(27)11-17-24-23-16-9-13(7-8-26(16)17)20-22-19(25-29-20)12-5-6-12/h2-4,7-10,12H,5-6,11H2,1H3,(H,21,27). The summed E-state index contributed by atoms with van der Waals surface area (Å²) in [6.07, 6.45) is 4.12. The summed E-state index contributed by atoms with van der Waals surface area (Å²) in [6, 6.07) is 10.9. The Morgan fingerprint density at radius 2 is 2.17 bits per heavy atom. The van der Waals surface area contributed by atoms with Crippen LogP contribution in [0.2, 0.25) is 0 Å². The van der Waals surface area contributed by atoms with Crippen LogP contribution in [0.5, 0.6) is 5.75 Å². The highest BCUT2D eigenvalue weighted by Gasteiger charge is 2.29. The largest absolute Gasteiger partial charge is 0.497 e. The molecule has 1 aliphatic carbocycles. The Morgan fingerprint density at radius 3 is 3.00 bits per heavy atom. The molecule has 9 heteroatoms. The molecule has 1 fully saturated rings. The van der Waals surface area contributed by atoms with Crippen LogP contribution >= 0.6 is 0 Å². The molecule has 0 bridgehead atoms. The first kappa shape index (κ1) is 17.4. The van der Waals surface area contributed by atoms with Crippen molar-refractivity contribution in [2.75, 3.05) is 12.4 Å². The van der Waals surface area contributed by atoms with Gasteiger partial charge in [-0.3, -0.25) is 9.20 Å². The Morgan fingerprint density at radius 1 is 1.28 bits per heavy atom. The van der Waals surface area contributed by atoms with Crippen molar-refractivity contribution in [1.29, 1.82) is 0 Å². The molecule has 9 nitrogen and oxygen atoms in total. The van der Waals surface area contributed by atoms with Gasteiger partial charge in [0.25, 0.3) is 5.89 Å². The number of hydrogen-bond donors (Lipinski definition) is 1. The van der Waals surface area contributed by atoms with E-state index < -0.39 is 0 Å². The SMILES string of the molecule is COc1cccc(NC(=O)Cc2nnc3cc(-c4nc(C5CC5)no4)ccn23)c1. The smallest absolute Gasteiger partial charge is 0.258 e. The molecule has 0 aliphatic heterocycles. The number of ether oxygens (including phenoxy) is 1. The van der Waals surface area contributed by atoms with E-state index in [1.807, 2.05) is 24.3 Å². The Balaban J connectivity index is 1.33. The lowest BCUT2D eigenvalue weighted by Gasteiger charge is -2.06. The third-order valence-electron chi connectivity index (χ3n) is 4.78. The molecule has 146 valence electrons. The number of fused-ring (bicyclic) bond motifs is 1. The number of carbonyl (C=O) groups is 1.